The van der Waals surface area contributed by atoms with Crippen LogP contribution in [-0.2, 0) is 20.9 Å². The number of benzene rings is 1. The van der Waals surface area contributed by atoms with Gasteiger partial charge in [-0.2, -0.15) is 0 Å². The highest BCUT2D eigenvalue weighted by Crippen LogP contribution is 2.30. The average Bonchev–Trinajstić information content (AvgIpc) is 2.84. The number of imide groups is 1. The molecule has 2 heterocycles. The summed E-state index contributed by atoms with van der Waals surface area (Å²) in [6.07, 6.45) is 1.01. The van der Waals surface area contributed by atoms with Crippen molar-refractivity contribution in [3.63, 3.8) is 0 Å². The minimum atomic E-state index is -0.703. The van der Waals surface area contributed by atoms with E-state index in [1.165, 1.54) is 41.0 Å². The molecule has 132 valence electrons. The zero-order valence-electron chi connectivity index (χ0n) is 13.6. The molecule has 1 aromatic carbocycles. The standard InChI is InChI=1S/C16H17N3O6/c1-10(20)18-13-6-7-14(17(8-13)16(18)22)15(21)25-9-11-2-4-12(5-3-11)19(23)24/h2-5,13-14H,6-9H2,1H3/t13-,14+/m0/s1. The third kappa shape index (κ3) is 3.17. The van der Waals surface area contributed by atoms with Gasteiger partial charge >= 0.3 is 12.0 Å². The number of nitro benzene ring substituents is 1. The summed E-state index contributed by atoms with van der Waals surface area (Å²) in [5.74, 6) is -0.854. The molecule has 2 aliphatic rings. The Kier molecular flexibility index (Phi) is 4.39. The molecule has 2 aliphatic heterocycles. The fourth-order valence-corrected chi connectivity index (χ4v) is 3.27. The molecule has 3 rings (SSSR count). The monoisotopic (exact) mass is 347 g/mol. The first-order chi connectivity index (χ1) is 11.9. The number of esters is 1. The number of nitro groups is 1. The van der Waals surface area contributed by atoms with Crippen LogP contribution in [0.3, 0.4) is 0 Å². The average molecular weight is 347 g/mol. The van der Waals surface area contributed by atoms with Gasteiger partial charge in [0.2, 0.25) is 5.91 Å². The van der Waals surface area contributed by atoms with Gasteiger partial charge < -0.3 is 9.64 Å². The molecule has 9 nitrogen and oxygen atoms in total. The molecular formula is C16H17N3O6. The van der Waals surface area contributed by atoms with Crippen LogP contribution in [0.1, 0.15) is 25.3 Å². The Labute approximate surface area is 143 Å². The van der Waals surface area contributed by atoms with E-state index in [0.717, 1.165) is 0 Å². The highest BCUT2D eigenvalue weighted by Gasteiger charge is 2.48. The molecule has 0 saturated carbocycles. The molecule has 2 atom stereocenters. The zero-order chi connectivity index (χ0) is 18.1. The number of hydrogen-bond acceptors (Lipinski definition) is 6. The first kappa shape index (κ1) is 16.9. The topological polar surface area (TPSA) is 110 Å². The van der Waals surface area contributed by atoms with Crippen molar-refractivity contribution in [1.29, 1.82) is 0 Å². The van der Waals surface area contributed by atoms with E-state index in [2.05, 4.69) is 0 Å². The Bertz CT molecular complexity index is 732. The van der Waals surface area contributed by atoms with E-state index < -0.39 is 23.0 Å². The van der Waals surface area contributed by atoms with Gasteiger partial charge in [0.25, 0.3) is 5.69 Å². The second-order valence-electron chi connectivity index (χ2n) is 6.10. The van der Waals surface area contributed by atoms with Crippen molar-refractivity contribution in [1.82, 2.24) is 9.80 Å². The Morgan fingerprint density at radius 3 is 2.56 bits per heavy atom. The Morgan fingerprint density at radius 1 is 1.28 bits per heavy atom. The van der Waals surface area contributed by atoms with Gasteiger partial charge in [-0.25, -0.2) is 9.59 Å². The lowest BCUT2D eigenvalue weighted by molar-refractivity contribution is -0.384. The lowest BCUT2D eigenvalue weighted by Crippen LogP contribution is -2.45. The number of urea groups is 1. The maximum Gasteiger partial charge on any atom is 0.329 e. The molecule has 1 aromatic rings. The molecule has 2 saturated heterocycles. The van der Waals surface area contributed by atoms with Gasteiger partial charge in [-0.1, -0.05) is 0 Å². The largest absolute Gasteiger partial charge is 0.459 e. The molecule has 0 N–H and O–H groups in total. The van der Waals surface area contributed by atoms with E-state index >= 15 is 0 Å². The van der Waals surface area contributed by atoms with E-state index in [4.69, 9.17) is 4.74 Å². The van der Waals surface area contributed by atoms with E-state index in [-0.39, 0.29) is 24.2 Å². The van der Waals surface area contributed by atoms with Crippen molar-refractivity contribution < 1.29 is 24.0 Å². The van der Waals surface area contributed by atoms with Crippen molar-refractivity contribution in [2.45, 2.75) is 38.5 Å². The fourth-order valence-electron chi connectivity index (χ4n) is 3.27. The molecular weight excluding hydrogens is 330 g/mol. The minimum Gasteiger partial charge on any atom is -0.459 e. The van der Waals surface area contributed by atoms with Crippen molar-refractivity contribution in [2.24, 2.45) is 0 Å². The number of carbonyl (C=O) groups excluding carboxylic acids is 3. The molecule has 9 heteroatoms. The van der Waals surface area contributed by atoms with Gasteiger partial charge in [-0.15, -0.1) is 0 Å². The third-order valence-corrected chi connectivity index (χ3v) is 4.51. The normalized spacial score (nSPS) is 22.0. The van der Waals surface area contributed by atoms with E-state index in [0.29, 0.717) is 24.9 Å². The highest BCUT2D eigenvalue weighted by molar-refractivity contribution is 5.97. The molecule has 25 heavy (non-hydrogen) atoms. The number of non-ortho nitro benzene ring substituents is 1. The molecule has 3 amide bonds. The molecule has 0 aliphatic carbocycles. The summed E-state index contributed by atoms with van der Waals surface area (Å²) < 4.78 is 5.26. The van der Waals surface area contributed by atoms with Gasteiger partial charge in [0.15, 0.2) is 0 Å². The molecule has 0 unspecified atom stereocenters. The molecule has 0 radical (unpaired) electrons. The Morgan fingerprint density at radius 2 is 1.96 bits per heavy atom. The maximum atomic E-state index is 12.3. The van der Waals surface area contributed by atoms with Gasteiger partial charge in [-0.3, -0.25) is 19.8 Å². The van der Waals surface area contributed by atoms with Gasteiger partial charge in [0, 0.05) is 25.6 Å². The Balaban J connectivity index is 1.61. The van der Waals surface area contributed by atoms with Crippen LogP contribution < -0.4 is 0 Å². The highest BCUT2D eigenvalue weighted by atomic mass is 16.6. The first-order valence-corrected chi connectivity index (χ1v) is 7.89. The second kappa shape index (κ2) is 6.50. The summed E-state index contributed by atoms with van der Waals surface area (Å²) in [5, 5.41) is 10.6. The zero-order valence-corrected chi connectivity index (χ0v) is 13.6. The SMILES string of the molecule is CC(=O)N1C(=O)N2C[C@@H]1CC[C@@H]2C(=O)OCc1ccc([N+](=O)[O-])cc1. The van der Waals surface area contributed by atoms with E-state index in [9.17, 15) is 24.5 Å². The maximum absolute atomic E-state index is 12.3. The van der Waals surface area contributed by atoms with Crippen LogP contribution in [0.25, 0.3) is 0 Å². The fraction of sp³-hybridized carbons (Fsp3) is 0.438. The smallest absolute Gasteiger partial charge is 0.329 e. The second-order valence-corrected chi connectivity index (χ2v) is 6.10. The van der Waals surface area contributed by atoms with Crippen LogP contribution in [0.15, 0.2) is 24.3 Å². The predicted molar refractivity (Wildman–Crippen MR) is 84.3 cm³/mol. The molecule has 0 spiro atoms. The molecule has 0 aromatic heterocycles. The number of amides is 3. The summed E-state index contributed by atoms with van der Waals surface area (Å²) in [7, 11) is 0. The number of piperidine rings is 1. The number of ether oxygens (including phenoxy) is 1. The number of rotatable bonds is 4. The quantitative estimate of drug-likeness (QED) is 0.463. The van der Waals surface area contributed by atoms with Gasteiger partial charge in [0.1, 0.15) is 12.6 Å². The number of carbonyl (C=O) groups is 3. The lowest BCUT2D eigenvalue weighted by Gasteiger charge is -2.28. The third-order valence-electron chi connectivity index (χ3n) is 4.51. The summed E-state index contributed by atoms with van der Waals surface area (Å²) in [6, 6.07) is 4.37. The number of hydrogen-bond donors (Lipinski definition) is 0. The summed E-state index contributed by atoms with van der Waals surface area (Å²) in [4.78, 5) is 48.9. The van der Waals surface area contributed by atoms with Gasteiger partial charge in [0.05, 0.1) is 11.0 Å². The van der Waals surface area contributed by atoms with Crippen molar-refractivity contribution in [2.75, 3.05) is 6.54 Å². The number of nitrogens with zero attached hydrogens (tertiary/aromatic N) is 3. The summed E-state index contributed by atoms with van der Waals surface area (Å²) in [5.41, 5.74) is 0.575. The Hall–Kier alpha value is -2.97. The van der Waals surface area contributed by atoms with E-state index in [1.54, 1.807) is 0 Å². The summed E-state index contributed by atoms with van der Waals surface area (Å²) >= 11 is 0. The van der Waals surface area contributed by atoms with Crippen LogP contribution in [0, 0.1) is 10.1 Å². The summed E-state index contributed by atoms with van der Waals surface area (Å²) in [6.45, 7) is 1.65. The van der Waals surface area contributed by atoms with Crippen LogP contribution in [0.5, 0.6) is 0 Å². The molecule has 2 fully saturated rings. The first-order valence-electron chi connectivity index (χ1n) is 7.89. The van der Waals surface area contributed by atoms with Crippen LogP contribution >= 0.6 is 0 Å². The van der Waals surface area contributed by atoms with Crippen molar-refractivity contribution in [3.8, 4) is 0 Å². The van der Waals surface area contributed by atoms with Crippen LogP contribution in [-0.4, -0.2) is 51.3 Å². The van der Waals surface area contributed by atoms with Crippen molar-refractivity contribution >= 4 is 23.6 Å². The number of fused-ring (bicyclic) bond motifs is 2. The van der Waals surface area contributed by atoms with E-state index in [1.807, 2.05) is 0 Å². The molecule has 2 bridgehead atoms. The minimum absolute atomic E-state index is 0.0325. The lowest BCUT2D eigenvalue weighted by atomic mass is 10.0. The van der Waals surface area contributed by atoms with Gasteiger partial charge in [-0.05, 0) is 30.5 Å². The van der Waals surface area contributed by atoms with Crippen LogP contribution in [0.4, 0.5) is 10.5 Å². The predicted octanol–water partition coefficient (Wildman–Crippen LogP) is 1.45. The van der Waals surface area contributed by atoms with Crippen LogP contribution in [0.2, 0.25) is 0 Å². The van der Waals surface area contributed by atoms with Crippen molar-refractivity contribution in [3.05, 3.63) is 39.9 Å².